The molecule has 0 bridgehead atoms. The van der Waals surface area contributed by atoms with Gasteiger partial charge >= 0.3 is 6.03 Å². The number of hydrogen-bond donors (Lipinski definition) is 2. The predicted molar refractivity (Wildman–Crippen MR) is 158 cm³/mol. The zero-order valence-electron chi connectivity index (χ0n) is 23.7. The zero-order valence-corrected chi connectivity index (χ0v) is 23.7. The molecule has 3 heterocycles. The van der Waals surface area contributed by atoms with Gasteiger partial charge in [-0.1, -0.05) is 32.0 Å². The van der Waals surface area contributed by atoms with Crippen molar-refractivity contribution in [1.82, 2.24) is 29.4 Å². The maximum Gasteiger partial charge on any atom is 0.324 e. The molecule has 0 saturated heterocycles. The van der Waals surface area contributed by atoms with E-state index in [0.717, 1.165) is 34.9 Å². The number of urea groups is 1. The number of halogens is 1. The molecule has 0 aliphatic carbocycles. The quantitative estimate of drug-likeness (QED) is 0.227. The highest BCUT2D eigenvalue weighted by Gasteiger charge is 2.19. The van der Waals surface area contributed by atoms with Gasteiger partial charge in [-0.3, -0.25) is 10.1 Å². The van der Waals surface area contributed by atoms with E-state index in [9.17, 15) is 14.0 Å². The van der Waals surface area contributed by atoms with Crippen LogP contribution in [-0.2, 0) is 7.05 Å². The minimum atomic E-state index is -0.363. The van der Waals surface area contributed by atoms with Crippen LogP contribution in [-0.4, -0.2) is 49.1 Å². The molecule has 0 radical (unpaired) electrons. The lowest BCUT2D eigenvalue weighted by Crippen LogP contribution is -2.36. The number of aryl methyl sites for hydroxylation is 1. The number of carbonyl (C=O) groups excluding carboxylic acids is 2. The SMILES string of the molecule is CCCN(CCC)C(=O)Nc1nc2cc(-c3ccc4c(c3)c(C(=O)N[C@@H](C)c3cccc(F)c3)cn4C)ccn2n1. The maximum atomic E-state index is 13.7. The van der Waals surface area contributed by atoms with E-state index in [4.69, 9.17) is 0 Å². The lowest BCUT2D eigenvalue weighted by molar-refractivity contribution is 0.0941. The molecule has 41 heavy (non-hydrogen) atoms. The molecule has 5 aromatic rings. The largest absolute Gasteiger partial charge is 0.350 e. The molecule has 0 fully saturated rings. The van der Waals surface area contributed by atoms with Crippen molar-refractivity contribution in [2.75, 3.05) is 18.4 Å². The first-order valence-electron chi connectivity index (χ1n) is 13.9. The Hall–Kier alpha value is -4.73. The third kappa shape index (κ3) is 5.91. The summed E-state index contributed by atoms with van der Waals surface area (Å²) in [4.78, 5) is 32.3. The molecule has 10 heteroatoms. The van der Waals surface area contributed by atoms with Crippen LogP contribution in [0.4, 0.5) is 15.1 Å². The van der Waals surface area contributed by atoms with Crippen LogP contribution in [0.3, 0.4) is 0 Å². The standard InChI is InChI=1S/C31H34FN7O2/c1-5-13-38(14-6-2)31(41)35-30-34-28-18-23(12-15-39(28)36-30)22-10-11-27-25(17-22)26(19-37(27)4)29(40)33-20(3)21-8-7-9-24(32)16-21/h7-12,15-20H,5-6,13-14H2,1-4H3,(H,33,40)(H,35,36,41)/t20-/m0/s1. The number of fused-ring (bicyclic) bond motifs is 2. The molecule has 0 spiro atoms. The van der Waals surface area contributed by atoms with Gasteiger partial charge in [-0.15, -0.1) is 5.10 Å². The van der Waals surface area contributed by atoms with Gasteiger partial charge in [0, 0.05) is 43.4 Å². The van der Waals surface area contributed by atoms with Gasteiger partial charge < -0.3 is 14.8 Å². The van der Waals surface area contributed by atoms with Crippen LogP contribution < -0.4 is 10.6 Å². The monoisotopic (exact) mass is 555 g/mol. The fourth-order valence-electron chi connectivity index (χ4n) is 5.03. The van der Waals surface area contributed by atoms with Gasteiger partial charge in [-0.25, -0.2) is 13.7 Å². The van der Waals surface area contributed by atoms with Crippen LogP contribution in [0.5, 0.6) is 0 Å². The van der Waals surface area contributed by atoms with E-state index in [-0.39, 0.29) is 29.7 Å². The first kappa shape index (κ1) is 27.8. The van der Waals surface area contributed by atoms with Crippen LogP contribution in [0.2, 0.25) is 0 Å². The molecule has 9 nitrogen and oxygen atoms in total. The summed E-state index contributed by atoms with van der Waals surface area (Å²) in [7, 11) is 1.90. The van der Waals surface area contributed by atoms with E-state index in [0.29, 0.717) is 29.9 Å². The predicted octanol–water partition coefficient (Wildman–Crippen LogP) is 6.17. The summed E-state index contributed by atoms with van der Waals surface area (Å²) in [5, 5.41) is 11.0. The van der Waals surface area contributed by atoms with E-state index in [1.165, 1.54) is 12.1 Å². The lowest BCUT2D eigenvalue weighted by atomic mass is 10.0. The minimum Gasteiger partial charge on any atom is -0.350 e. The van der Waals surface area contributed by atoms with E-state index in [2.05, 4.69) is 20.7 Å². The second-order valence-corrected chi connectivity index (χ2v) is 10.2. The zero-order chi connectivity index (χ0) is 29.1. The molecule has 0 unspecified atom stereocenters. The van der Waals surface area contributed by atoms with Crippen LogP contribution >= 0.6 is 0 Å². The Morgan fingerprint density at radius 2 is 1.78 bits per heavy atom. The molecule has 212 valence electrons. The summed E-state index contributed by atoms with van der Waals surface area (Å²) in [6.07, 6.45) is 5.35. The number of nitrogens with one attached hydrogen (secondary N) is 2. The van der Waals surface area contributed by atoms with Crippen molar-refractivity contribution in [3.05, 3.63) is 83.9 Å². The average molecular weight is 556 g/mol. The molecule has 0 saturated carbocycles. The second-order valence-electron chi connectivity index (χ2n) is 10.2. The highest BCUT2D eigenvalue weighted by Crippen LogP contribution is 2.29. The molecule has 1 atom stereocenters. The summed E-state index contributed by atoms with van der Waals surface area (Å²) in [5.74, 6) is -0.334. The average Bonchev–Trinajstić information content (AvgIpc) is 3.52. The maximum absolute atomic E-state index is 13.7. The Labute approximate surface area is 238 Å². The van der Waals surface area contributed by atoms with Crippen LogP contribution in [0.15, 0.2) is 67.0 Å². The van der Waals surface area contributed by atoms with Gasteiger partial charge in [0.15, 0.2) is 5.65 Å². The van der Waals surface area contributed by atoms with Crippen molar-refractivity contribution in [1.29, 1.82) is 0 Å². The van der Waals surface area contributed by atoms with Crippen molar-refractivity contribution in [3.8, 4) is 11.1 Å². The highest BCUT2D eigenvalue weighted by molar-refractivity contribution is 6.08. The fourth-order valence-corrected chi connectivity index (χ4v) is 5.03. The number of pyridine rings is 1. The number of nitrogens with zero attached hydrogens (tertiary/aromatic N) is 5. The van der Waals surface area contributed by atoms with Crippen LogP contribution in [0.25, 0.3) is 27.7 Å². The molecule has 0 aliphatic heterocycles. The third-order valence-corrected chi connectivity index (χ3v) is 7.09. The van der Waals surface area contributed by atoms with Crippen molar-refractivity contribution in [2.45, 2.75) is 39.7 Å². The Kier molecular flexibility index (Phi) is 8.00. The van der Waals surface area contributed by atoms with E-state index < -0.39 is 0 Å². The second kappa shape index (κ2) is 11.8. The first-order chi connectivity index (χ1) is 19.8. The summed E-state index contributed by atoms with van der Waals surface area (Å²) < 4.78 is 17.2. The van der Waals surface area contributed by atoms with Gasteiger partial charge in [0.25, 0.3) is 11.9 Å². The number of rotatable bonds is 9. The molecule has 5 rings (SSSR count). The summed E-state index contributed by atoms with van der Waals surface area (Å²) in [6, 6.07) is 15.4. The van der Waals surface area contributed by atoms with Crippen molar-refractivity contribution in [3.63, 3.8) is 0 Å². The van der Waals surface area contributed by atoms with Crippen molar-refractivity contribution in [2.24, 2.45) is 7.05 Å². The normalized spacial score (nSPS) is 12.0. The van der Waals surface area contributed by atoms with Crippen LogP contribution in [0, 0.1) is 5.82 Å². The smallest absolute Gasteiger partial charge is 0.324 e. The van der Waals surface area contributed by atoms with Gasteiger partial charge in [-0.2, -0.15) is 4.98 Å². The Morgan fingerprint density at radius 3 is 2.51 bits per heavy atom. The van der Waals surface area contributed by atoms with Gasteiger partial charge in [0.05, 0.1) is 11.6 Å². The van der Waals surface area contributed by atoms with Gasteiger partial charge in [-0.05, 0) is 72.9 Å². The number of amides is 3. The Balaban J connectivity index is 1.40. The van der Waals surface area contributed by atoms with Crippen molar-refractivity contribution >= 4 is 34.4 Å². The van der Waals surface area contributed by atoms with E-state index in [1.54, 1.807) is 33.9 Å². The molecule has 3 amide bonds. The molecule has 3 aromatic heterocycles. The fraction of sp³-hybridized carbons (Fsp3) is 0.290. The number of aromatic nitrogens is 4. The Morgan fingerprint density at radius 1 is 1.02 bits per heavy atom. The molecular formula is C31H34FN7O2. The number of carbonyl (C=O) groups is 2. The van der Waals surface area contributed by atoms with Gasteiger partial charge in [0.2, 0.25) is 0 Å². The molecule has 2 aromatic carbocycles. The lowest BCUT2D eigenvalue weighted by Gasteiger charge is -2.20. The number of benzene rings is 2. The Bertz CT molecular complexity index is 1720. The highest BCUT2D eigenvalue weighted by atomic mass is 19.1. The van der Waals surface area contributed by atoms with Crippen molar-refractivity contribution < 1.29 is 14.0 Å². The minimum absolute atomic E-state index is 0.211. The molecule has 0 aliphatic rings. The topological polar surface area (TPSA) is 96.6 Å². The van der Waals surface area contributed by atoms with Gasteiger partial charge in [0.1, 0.15) is 5.82 Å². The number of anilines is 1. The van der Waals surface area contributed by atoms with E-state index in [1.807, 2.05) is 62.7 Å². The first-order valence-corrected chi connectivity index (χ1v) is 13.9. The third-order valence-electron chi connectivity index (χ3n) is 7.09. The van der Waals surface area contributed by atoms with E-state index >= 15 is 0 Å². The van der Waals surface area contributed by atoms with Crippen LogP contribution in [0.1, 0.15) is 55.6 Å². The molecular weight excluding hydrogens is 521 g/mol. The summed E-state index contributed by atoms with van der Waals surface area (Å²) in [6.45, 7) is 7.25. The summed E-state index contributed by atoms with van der Waals surface area (Å²) in [5.41, 5.74) is 4.53. The molecule has 2 N–H and O–H groups in total. The number of hydrogen-bond acceptors (Lipinski definition) is 4. The summed E-state index contributed by atoms with van der Waals surface area (Å²) >= 11 is 0.